The van der Waals surface area contributed by atoms with E-state index in [1.807, 2.05) is 29.7 Å². The molecular weight excluding hydrogens is 457 g/mol. The van der Waals surface area contributed by atoms with Gasteiger partial charge in [-0.2, -0.15) is 0 Å². The van der Waals surface area contributed by atoms with Crippen molar-refractivity contribution in [1.29, 1.82) is 0 Å². The summed E-state index contributed by atoms with van der Waals surface area (Å²) in [4.78, 5) is 31.0. The van der Waals surface area contributed by atoms with Gasteiger partial charge in [0.15, 0.2) is 5.82 Å². The number of carbonyl (C=O) groups excluding carboxylic acids is 2. The molecule has 0 atom stereocenters. The number of aliphatic imine (C=N–C) groups is 1. The van der Waals surface area contributed by atoms with Crippen LogP contribution in [-0.4, -0.2) is 43.7 Å². The van der Waals surface area contributed by atoms with Crippen molar-refractivity contribution in [3.63, 3.8) is 0 Å². The van der Waals surface area contributed by atoms with Crippen LogP contribution in [0.5, 0.6) is 0 Å². The van der Waals surface area contributed by atoms with Gasteiger partial charge in [0, 0.05) is 16.7 Å². The van der Waals surface area contributed by atoms with Gasteiger partial charge in [-0.05, 0) is 49.4 Å². The molecule has 0 radical (unpaired) electrons. The van der Waals surface area contributed by atoms with Crippen LogP contribution in [0, 0.1) is 24.6 Å². The molecule has 0 saturated carbocycles. The summed E-state index contributed by atoms with van der Waals surface area (Å²) in [5, 5.41) is 8.43. The average molecular weight is 475 g/mol. The number of aromatic nitrogens is 3. The maximum atomic E-state index is 14.7. The van der Waals surface area contributed by atoms with Crippen LogP contribution in [0.1, 0.15) is 49.1 Å². The molecule has 2 aliphatic rings. The highest BCUT2D eigenvalue weighted by atomic mass is 19.1. The van der Waals surface area contributed by atoms with E-state index in [9.17, 15) is 14.0 Å². The van der Waals surface area contributed by atoms with E-state index in [1.165, 1.54) is 6.07 Å². The first-order valence-corrected chi connectivity index (χ1v) is 11.3. The SMILES string of the molecule is Cc1nnc2n1-c1cc(C#CCN3C(=O)c4ccccc4C3=O)ccc1C(c1ccccc1F)=NC2. The van der Waals surface area contributed by atoms with Crippen molar-refractivity contribution in [3.05, 3.63) is 112 Å². The van der Waals surface area contributed by atoms with Crippen LogP contribution in [0.25, 0.3) is 5.69 Å². The summed E-state index contributed by atoms with van der Waals surface area (Å²) in [7, 11) is 0. The highest BCUT2D eigenvalue weighted by molar-refractivity contribution is 6.21. The lowest BCUT2D eigenvalue weighted by molar-refractivity contribution is 0.0675. The Labute approximate surface area is 205 Å². The number of fused-ring (bicyclic) bond motifs is 4. The minimum Gasteiger partial charge on any atom is -0.281 e. The fourth-order valence-electron chi connectivity index (χ4n) is 4.54. The molecule has 0 spiro atoms. The summed E-state index contributed by atoms with van der Waals surface area (Å²) in [6.07, 6.45) is 0. The molecule has 2 amide bonds. The van der Waals surface area contributed by atoms with E-state index in [2.05, 4.69) is 27.0 Å². The number of amides is 2. The Morgan fingerprint density at radius 2 is 1.58 bits per heavy atom. The van der Waals surface area contributed by atoms with Crippen LogP contribution in [0.2, 0.25) is 0 Å². The van der Waals surface area contributed by atoms with Gasteiger partial charge in [-0.3, -0.25) is 24.0 Å². The van der Waals surface area contributed by atoms with E-state index in [4.69, 9.17) is 0 Å². The molecule has 2 aliphatic heterocycles. The summed E-state index contributed by atoms with van der Waals surface area (Å²) in [6.45, 7) is 2.07. The number of benzene rings is 3. The largest absolute Gasteiger partial charge is 0.281 e. The second kappa shape index (κ2) is 8.40. The lowest BCUT2D eigenvalue weighted by atomic mass is 9.98. The van der Waals surface area contributed by atoms with E-state index >= 15 is 0 Å². The first kappa shape index (κ1) is 21.6. The van der Waals surface area contributed by atoms with Gasteiger partial charge in [-0.15, -0.1) is 10.2 Å². The Morgan fingerprint density at radius 1 is 0.889 bits per heavy atom. The molecule has 0 bridgehead atoms. The van der Waals surface area contributed by atoms with Gasteiger partial charge >= 0.3 is 0 Å². The maximum Gasteiger partial charge on any atom is 0.262 e. The third kappa shape index (κ3) is 3.41. The van der Waals surface area contributed by atoms with Crippen molar-refractivity contribution in [3.8, 4) is 17.5 Å². The molecule has 0 fully saturated rings. The van der Waals surface area contributed by atoms with E-state index in [0.717, 1.165) is 16.2 Å². The Bertz CT molecular complexity index is 1640. The zero-order valence-electron chi connectivity index (χ0n) is 19.2. The zero-order chi connectivity index (χ0) is 24.8. The lowest BCUT2D eigenvalue weighted by Crippen LogP contribution is -2.29. The van der Waals surface area contributed by atoms with Crippen LogP contribution < -0.4 is 0 Å². The summed E-state index contributed by atoms with van der Waals surface area (Å²) in [5.41, 5.74) is 3.85. The molecule has 4 aromatic rings. The number of imide groups is 1. The van der Waals surface area contributed by atoms with Crippen molar-refractivity contribution >= 4 is 17.5 Å². The van der Waals surface area contributed by atoms with Crippen LogP contribution in [-0.2, 0) is 6.54 Å². The van der Waals surface area contributed by atoms with Gasteiger partial charge in [0.05, 0.1) is 29.1 Å². The number of nitrogens with zero attached hydrogens (tertiary/aromatic N) is 5. The molecule has 3 heterocycles. The van der Waals surface area contributed by atoms with Crippen LogP contribution in [0.4, 0.5) is 4.39 Å². The molecule has 3 aromatic carbocycles. The summed E-state index contributed by atoms with van der Waals surface area (Å²) in [6, 6.07) is 18.8. The predicted octanol–water partition coefficient (Wildman–Crippen LogP) is 3.71. The lowest BCUT2D eigenvalue weighted by Gasteiger charge is -2.13. The van der Waals surface area contributed by atoms with Gasteiger partial charge in [0.25, 0.3) is 11.8 Å². The van der Waals surface area contributed by atoms with Crippen molar-refractivity contribution in [1.82, 2.24) is 19.7 Å². The first-order chi connectivity index (χ1) is 17.5. The zero-order valence-corrected chi connectivity index (χ0v) is 19.2. The van der Waals surface area contributed by atoms with E-state index < -0.39 is 0 Å². The molecule has 7 nitrogen and oxygen atoms in total. The molecule has 1 aromatic heterocycles. The highest BCUT2D eigenvalue weighted by Crippen LogP contribution is 2.27. The Kier molecular flexibility index (Phi) is 5.04. The number of carbonyl (C=O) groups is 2. The maximum absolute atomic E-state index is 14.7. The Hall–Kier alpha value is -4.90. The monoisotopic (exact) mass is 475 g/mol. The predicted molar refractivity (Wildman–Crippen MR) is 131 cm³/mol. The van der Waals surface area contributed by atoms with Gasteiger partial charge < -0.3 is 0 Å². The molecular formula is C28H18FN5O2. The molecule has 36 heavy (non-hydrogen) atoms. The molecule has 8 heteroatoms. The smallest absolute Gasteiger partial charge is 0.262 e. The quantitative estimate of drug-likeness (QED) is 0.327. The summed E-state index contributed by atoms with van der Waals surface area (Å²) in [5.74, 6) is 6.26. The molecule has 174 valence electrons. The second-order valence-corrected chi connectivity index (χ2v) is 8.42. The standard InChI is InChI=1S/C28H18FN5O2/c1-17-31-32-25-16-30-26(21-10-4-5-11-23(21)29)22-13-12-18(15-24(22)34(17)25)7-6-14-33-27(35)19-8-2-3-9-20(19)28(33)36/h2-5,8-13,15H,14,16H2,1H3. The minimum absolute atomic E-state index is 0.0255. The number of halogens is 1. The van der Waals surface area contributed by atoms with Gasteiger partial charge in [-0.1, -0.05) is 36.1 Å². The number of aryl methyl sites for hydroxylation is 1. The van der Waals surface area contributed by atoms with Gasteiger partial charge in [0.1, 0.15) is 18.2 Å². The van der Waals surface area contributed by atoms with Crippen molar-refractivity contribution in [2.24, 2.45) is 4.99 Å². The Morgan fingerprint density at radius 3 is 2.31 bits per heavy atom. The molecule has 6 rings (SSSR count). The average Bonchev–Trinajstić information content (AvgIpc) is 3.31. The number of hydrogen-bond acceptors (Lipinski definition) is 5. The van der Waals surface area contributed by atoms with Crippen molar-refractivity contribution < 1.29 is 14.0 Å². The minimum atomic E-state index is -0.360. The van der Waals surface area contributed by atoms with Gasteiger partial charge in [-0.25, -0.2) is 4.39 Å². The number of rotatable bonds is 2. The van der Waals surface area contributed by atoms with Crippen LogP contribution in [0.15, 0.2) is 71.7 Å². The van der Waals surface area contributed by atoms with Crippen molar-refractivity contribution in [2.75, 3.05) is 6.54 Å². The summed E-state index contributed by atoms with van der Waals surface area (Å²) >= 11 is 0. The second-order valence-electron chi connectivity index (χ2n) is 8.42. The Balaban J connectivity index is 1.37. The van der Waals surface area contributed by atoms with Crippen molar-refractivity contribution in [2.45, 2.75) is 13.5 Å². The first-order valence-electron chi connectivity index (χ1n) is 11.3. The molecule has 0 unspecified atom stereocenters. The van der Waals surface area contributed by atoms with E-state index in [-0.39, 0.29) is 30.7 Å². The normalized spacial score (nSPS) is 13.8. The third-order valence-corrected chi connectivity index (χ3v) is 6.24. The third-order valence-electron chi connectivity index (χ3n) is 6.24. The van der Waals surface area contributed by atoms with Crippen LogP contribution >= 0.6 is 0 Å². The van der Waals surface area contributed by atoms with E-state index in [0.29, 0.717) is 39.6 Å². The fourth-order valence-corrected chi connectivity index (χ4v) is 4.54. The topological polar surface area (TPSA) is 80.5 Å². The van der Waals surface area contributed by atoms with Gasteiger partial charge in [0.2, 0.25) is 0 Å². The fraction of sp³-hybridized carbons (Fsp3) is 0.107. The van der Waals surface area contributed by atoms with E-state index in [1.54, 1.807) is 42.5 Å². The summed E-state index contributed by atoms with van der Waals surface area (Å²) < 4.78 is 16.6. The number of hydrogen-bond donors (Lipinski definition) is 0. The van der Waals surface area contributed by atoms with Crippen LogP contribution in [0.3, 0.4) is 0 Å². The molecule has 0 saturated heterocycles. The molecule has 0 aliphatic carbocycles. The molecule has 0 N–H and O–H groups in total. The highest BCUT2D eigenvalue weighted by Gasteiger charge is 2.34.